The molecule has 0 saturated carbocycles. The number of benzene rings is 1. The van der Waals surface area contributed by atoms with Gasteiger partial charge in [-0.25, -0.2) is 15.0 Å². The molecule has 35 heavy (non-hydrogen) atoms. The molecule has 0 unspecified atom stereocenters. The molecule has 4 aromatic rings. The maximum absolute atomic E-state index is 11.0. The molecular formula is C26H24N6O2S. The minimum atomic E-state index is 0.413. The van der Waals surface area contributed by atoms with E-state index in [2.05, 4.69) is 27.0 Å². The van der Waals surface area contributed by atoms with E-state index in [4.69, 9.17) is 15.0 Å². The number of hydrogen-bond acceptors (Lipinski definition) is 8. The van der Waals surface area contributed by atoms with Crippen LogP contribution in [0.15, 0.2) is 41.8 Å². The summed E-state index contributed by atoms with van der Waals surface area (Å²) in [4.78, 5) is 27.1. The summed E-state index contributed by atoms with van der Waals surface area (Å²) in [6.45, 7) is 4.84. The molecule has 4 heterocycles. The van der Waals surface area contributed by atoms with Crippen LogP contribution in [-0.4, -0.2) is 43.8 Å². The van der Waals surface area contributed by atoms with Gasteiger partial charge in [0.2, 0.25) is 0 Å². The van der Waals surface area contributed by atoms with E-state index in [9.17, 15) is 4.79 Å². The van der Waals surface area contributed by atoms with Crippen LogP contribution in [0.2, 0.25) is 0 Å². The Morgan fingerprint density at radius 2 is 2.11 bits per heavy atom. The largest absolute Gasteiger partial charge is 0.465 e. The number of aryl methyl sites for hydroxylation is 2. The monoisotopic (exact) mass is 484 g/mol. The number of carbonyl (C=O) groups excluding carboxylic acids is 1. The molecule has 0 spiro atoms. The standard InChI is InChI=1S/C26H24N6O2S/c1-17-11-18(12-27)3-4-20(17)15-34-26-30-23(16-35-26)19-7-9-32(10-8-19)13-24-29-22-6-5-21(14-33)28-25(22)31(24)2/h3-7,11,14,16H,8-10,13,15H2,1-2H3. The topological polar surface area (TPSA) is 96.9 Å². The van der Waals surface area contributed by atoms with Crippen molar-refractivity contribution in [2.24, 2.45) is 7.05 Å². The normalized spacial score (nSPS) is 14.0. The molecule has 0 radical (unpaired) electrons. The number of rotatable bonds is 7. The van der Waals surface area contributed by atoms with Crippen LogP contribution in [-0.2, 0) is 20.2 Å². The molecule has 0 fully saturated rings. The molecule has 0 bridgehead atoms. The fraction of sp³-hybridized carbons (Fsp3) is 0.269. The predicted molar refractivity (Wildman–Crippen MR) is 134 cm³/mol. The second-order valence-corrected chi connectivity index (χ2v) is 9.36. The molecule has 5 rings (SSSR count). The van der Waals surface area contributed by atoms with Gasteiger partial charge in [0.15, 0.2) is 11.9 Å². The first-order chi connectivity index (χ1) is 17.0. The summed E-state index contributed by atoms with van der Waals surface area (Å²) in [5.41, 5.74) is 6.87. The summed E-state index contributed by atoms with van der Waals surface area (Å²) in [6, 6.07) is 11.3. The third-order valence-corrected chi connectivity index (χ3v) is 7.00. The van der Waals surface area contributed by atoms with E-state index in [1.165, 1.54) is 16.9 Å². The molecular weight excluding hydrogens is 460 g/mol. The second-order valence-electron chi connectivity index (χ2n) is 8.54. The van der Waals surface area contributed by atoms with Crippen LogP contribution in [0.25, 0.3) is 16.7 Å². The van der Waals surface area contributed by atoms with E-state index < -0.39 is 0 Å². The number of imidazole rings is 1. The lowest BCUT2D eigenvalue weighted by atomic mass is 10.1. The van der Waals surface area contributed by atoms with Crippen LogP contribution < -0.4 is 4.74 Å². The number of ether oxygens (including phenoxy) is 1. The van der Waals surface area contributed by atoms with Gasteiger partial charge in [0.25, 0.3) is 5.19 Å². The summed E-state index contributed by atoms with van der Waals surface area (Å²) >= 11 is 1.50. The fourth-order valence-electron chi connectivity index (χ4n) is 4.16. The highest BCUT2D eigenvalue weighted by molar-refractivity contribution is 7.11. The zero-order valence-electron chi connectivity index (χ0n) is 19.6. The van der Waals surface area contributed by atoms with E-state index in [1.807, 2.05) is 48.2 Å². The van der Waals surface area contributed by atoms with Gasteiger partial charge in [-0.3, -0.25) is 9.69 Å². The SMILES string of the molecule is Cc1cc(C#N)ccc1COc1nc(C2=CCN(Cc3nc4ccc(C=O)nc4n3C)CC2)cs1. The molecule has 0 saturated heterocycles. The van der Waals surface area contributed by atoms with Gasteiger partial charge in [-0.1, -0.05) is 23.5 Å². The van der Waals surface area contributed by atoms with E-state index in [-0.39, 0.29) is 0 Å². The van der Waals surface area contributed by atoms with Crippen molar-refractivity contribution in [1.82, 2.24) is 24.4 Å². The number of thiazole rings is 1. The summed E-state index contributed by atoms with van der Waals surface area (Å²) in [6.07, 6.45) is 3.87. The zero-order valence-corrected chi connectivity index (χ0v) is 20.4. The van der Waals surface area contributed by atoms with Crippen molar-refractivity contribution in [3.63, 3.8) is 0 Å². The molecule has 1 aliphatic rings. The lowest BCUT2D eigenvalue weighted by Gasteiger charge is -2.25. The number of fused-ring (bicyclic) bond motifs is 1. The van der Waals surface area contributed by atoms with Crippen molar-refractivity contribution in [2.75, 3.05) is 13.1 Å². The molecule has 8 nitrogen and oxygen atoms in total. The molecule has 1 aliphatic heterocycles. The van der Waals surface area contributed by atoms with Crippen LogP contribution in [0, 0.1) is 18.3 Å². The van der Waals surface area contributed by atoms with Gasteiger partial charge in [0, 0.05) is 25.5 Å². The van der Waals surface area contributed by atoms with Crippen molar-refractivity contribution in [2.45, 2.75) is 26.5 Å². The van der Waals surface area contributed by atoms with Gasteiger partial charge < -0.3 is 9.30 Å². The number of aldehydes is 1. The molecule has 0 amide bonds. The minimum absolute atomic E-state index is 0.413. The zero-order chi connectivity index (χ0) is 24.4. The Bertz CT molecular complexity index is 1480. The third-order valence-electron chi connectivity index (χ3n) is 6.24. The number of carbonyl (C=O) groups is 1. The average molecular weight is 485 g/mol. The predicted octanol–water partition coefficient (Wildman–Crippen LogP) is 4.29. The van der Waals surface area contributed by atoms with Gasteiger partial charge in [-0.2, -0.15) is 5.26 Å². The van der Waals surface area contributed by atoms with Gasteiger partial charge in [-0.05, 0) is 54.3 Å². The van der Waals surface area contributed by atoms with Crippen LogP contribution in [0.3, 0.4) is 0 Å². The smallest absolute Gasteiger partial charge is 0.274 e. The van der Waals surface area contributed by atoms with E-state index in [1.54, 1.807) is 6.07 Å². The van der Waals surface area contributed by atoms with E-state index in [0.717, 1.165) is 59.6 Å². The maximum atomic E-state index is 11.0. The van der Waals surface area contributed by atoms with Crippen molar-refractivity contribution < 1.29 is 9.53 Å². The first-order valence-corrected chi connectivity index (χ1v) is 12.2. The Balaban J connectivity index is 1.21. The van der Waals surface area contributed by atoms with Gasteiger partial charge >= 0.3 is 0 Å². The Morgan fingerprint density at radius 3 is 2.86 bits per heavy atom. The summed E-state index contributed by atoms with van der Waals surface area (Å²) < 4.78 is 7.88. The number of hydrogen-bond donors (Lipinski definition) is 0. The van der Waals surface area contributed by atoms with Crippen LogP contribution in [0.5, 0.6) is 5.19 Å². The quantitative estimate of drug-likeness (QED) is 0.361. The molecule has 3 aromatic heterocycles. The Morgan fingerprint density at radius 1 is 1.23 bits per heavy atom. The molecule has 0 N–H and O–H groups in total. The lowest BCUT2D eigenvalue weighted by Crippen LogP contribution is -2.29. The van der Waals surface area contributed by atoms with E-state index >= 15 is 0 Å². The highest BCUT2D eigenvalue weighted by Gasteiger charge is 2.18. The average Bonchev–Trinajstić information content (AvgIpc) is 3.48. The van der Waals surface area contributed by atoms with Crippen LogP contribution in [0.4, 0.5) is 0 Å². The first kappa shape index (κ1) is 22.9. The Kier molecular flexibility index (Phi) is 6.40. The molecule has 0 aliphatic carbocycles. The first-order valence-electron chi connectivity index (χ1n) is 11.3. The molecule has 0 atom stereocenters. The van der Waals surface area contributed by atoms with Crippen molar-refractivity contribution >= 4 is 34.4 Å². The molecule has 1 aromatic carbocycles. The van der Waals surface area contributed by atoms with Gasteiger partial charge in [0.05, 0.1) is 23.9 Å². The summed E-state index contributed by atoms with van der Waals surface area (Å²) in [5.74, 6) is 0.926. The van der Waals surface area contributed by atoms with Crippen LogP contribution >= 0.6 is 11.3 Å². The number of nitriles is 1. The summed E-state index contributed by atoms with van der Waals surface area (Å²) in [5, 5.41) is 11.7. The Hall–Kier alpha value is -3.87. The van der Waals surface area contributed by atoms with Crippen molar-refractivity contribution in [1.29, 1.82) is 5.26 Å². The van der Waals surface area contributed by atoms with Crippen molar-refractivity contribution in [3.8, 4) is 11.3 Å². The molecule has 176 valence electrons. The molecule has 9 heteroatoms. The third kappa shape index (κ3) is 4.85. The maximum Gasteiger partial charge on any atom is 0.274 e. The summed E-state index contributed by atoms with van der Waals surface area (Å²) in [7, 11) is 1.94. The van der Waals surface area contributed by atoms with Gasteiger partial charge in [-0.15, -0.1) is 0 Å². The minimum Gasteiger partial charge on any atom is -0.465 e. The lowest BCUT2D eigenvalue weighted by molar-refractivity contribution is 0.111. The number of aromatic nitrogens is 4. The fourth-order valence-corrected chi connectivity index (χ4v) is 4.85. The van der Waals surface area contributed by atoms with E-state index in [0.29, 0.717) is 29.6 Å². The Labute approximate surface area is 207 Å². The highest BCUT2D eigenvalue weighted by atomic mass is 32.1. The second kappa shape index (κ2) is 9.78. The highest BCUT2D eigenvalue weighted by Crippen LogP contribution is 2.28. The number of nitrogens with zero attached hydrogens (tertiary/aromatic N) is 6. The van der Waals surface area contributed by atoms with Gasteiger partial charge in [0.1, 0.15) is 23.6 Å². The van der Waals surface area contributed by atoms with Crippen LogP contribution in [0.1, 0.15) is 45.1 Å². The number of pyridine rings is 1. The van der Waals surface area contributed by atoms with Crippen molar-refractivity contribution in [3.05, 3.63) is 75.7 Å².